The van der Waals surface area contributed by atoms with Crippen molar-refractivity contribution in [2.24, 2.45) is 0 Å². The highest BCUT2D eigenvalue weighted by atomic mass is 16.7. The maximum absolute atomic E-state index is 12.3. The lowest BCUT2D eigenvalue weighted by Crippen LogP contribution is -2.66. The van der Waals surface area contributed by atoms with E-state index in [0.717, 1.165) is 45.2 Å². The minimum absolute atomic E-state index is 0.110. The summed E-state index contributed by atoms with van der Waals surface area (Å²) in [6, 6.07) is 13.2. The minimum atomic E-state index is -2.49. The molecule has 0 unspecified atom stereocenters. The molecule has 11 nitrogen and oxygen atoms in total. The van der Waals surface area contributed by atoms with Crippen LogP contribution >= 0.6 is 0 Å². The largest absolute Gasteiger partial charge is 0.463 e. The van der Waals surface area contributed by atoms with Crippen LogP contribution in [0.2, 0.25) is 0 Å². The van der Waals surface area contributed by atoms with Gasteiger partial charge in [-0.1, -0.05) is 31.2 Å². The number of aryl methyl sites for hydroxylation is 2. The maximum Gasteiger partial charge on any atom is 0.303 e. The molecule has 1 fully saturated rings. The maximum atomic E-state index is 12.3. The lowest BCUT2D eigenvalue weighted by Gasteiger charge is -2.49. The van der Waals surface area contributed by atoms with Crippen molar-refractivity contribution >= 4 is 23.9 Å². The normalized spacial score (nSPS) is 23.3. The molecule has 1 heterocycles. The summed E-state index contributed by atoms with van der Waals surface area (Å²) in [5, 5.41) is 22.2. The molecule has 224 valence electrons. The molecule has 42 heavy (non-hydrogen) atoms. The number of hydrogen-bond donors (Lipinski definition) is 1. The summed E-state index contributed by atoms with van der Waals surface area (Å²) in [6.07, 6.45) is -4.86. The van der Waals surface area contributed by atoms with E-state index >= 15 is 0 Å². The van der Waals surface area contributed by atoms with Crippen molar-refractivity contribution in [2.45, 2.75) is 84.6 Å². The Morgan fingerprint density at radius 2 is 1.48 bits per heavy atom. The average Bonchev–Trinajstić information content (AvgIpc) is 2.91. The molecule has 2 aromatic carbocycles. The number of esters is 4. The van der Waals surface area contributed by atoms with Crippen LogP contribution in [0.1, 0.15) is 68.0 Å². The molecule has 1 aliphatic heterocycles. The summed E-state index contributed by atoms with van der Waals surface area (Å²) in [4.78, 5) is 48.2. The molecule has 11 heteroatoms. The lowest BCUT2D eigenvalue weighted by molar-refractivity contribution is -0.360. The zero-order valence-corrected chi connectivity index (χ0v) is 24.5. The highest BCUT2D eigenvalue weighted by Gasteiger charge is 2.60. The van der Waals surface area contributed by atoms with Crippen LogP contribution in [0.3, 0.4) is 0 Å². The van der Waals surface area contributed by atoms with E-state index in [4.69, 9.17) is 23.7 Å². The Morgan fingerprint density at radius 3 is 2.00 bits per heavy atom. The summed E-state index contributed by atoms with van der Waals surface area (Å²) in [7, 11) is 0. The molecule has 0 aliphatic carbocycles. The van der Waals surface area contributed by atoms with Gasteiger partial charge >= 0.3 is 23.9 Å². The van der Waals surface area contributed by atoms with Crippen molar-refractivity contribution in [3.05, 3.63) is 69.8 Å². The van der Waals surface area contributed by atoms with E-state index in [2.05, 4.69) is 6.07 Å². The Bertz CT molecular complexity index is 1380. The number of carbonyl (C=O) groups is 4. The smallest absolute Gasteiger partial charge is 0.303 e. The van der Waals surface area contributed by atoms with Crippen molar-refractivity contribution in [3.63, 3.8) is 0 Å². The van der Waals surface area contributed by atoms with Crippen molar-refractivity contribution in [1.29, 1.82) is 5.26 Å². The molecule has 0 aromatic heterocycles. The van der Waals surface area contributed by atoms with Crippen molar-refractivity contribution < 1.29 is 48.0 Å². The van der Waals surface area contributed by atoms with Gasteiger partial charge in [-0.3, -0.25) is 19.2 Å². The van der Waals surface area contributed by atoms with E-state index in [0.29, 0.717) is 23.1 Å². The third-order valence-corrected chi connectivity index (χ3v) is 6.84. The lowest BCUT2D eigenvalue weighted by atomic mass is 9.83. The average molecular weight is 582 g/mol. The molecule has 1 aliphatic rings. The van der Waals surface area contributed by atoms with E-state index in [1.54, 1.807) is 19.1 Å². The highest BCUT2D eigenvalue weighted by Crippen LogP contribution is 2.42. The summed E-state index contributed by atoms with van der Waals surface area (Å²) in [5.41, 5.74) is 3.46. The molecule has 3 rings (SSSR count). The molecule has 0 amide bonds. The number of hydrogen-bond acceptors (Lipinski definition) is 11. The predicted molar refractivity (Wildman–Crippen MR) is 147 cm³/mol. The van der Waals surface area contributed by atoms with Gasteiger partial charge in [0.05, 0.1) is 11.6 Å². The second-order valence-corrected chi connectivity index (χ2v) is 10.1. The topological polar surface area (TPSA) is 158 Å². The van der Waals surface area contributed by atoms with Gasteiger partial charge in [-0.05, 0) is 54.2 Å². The zero-order chi connectivity index (χ0) is 31.2. The molecule has 5 atom stereocenters. The molecule has 0 bridgehead atoms. The molecule has 2 aromatic rings. The Kier molecular flexibility index (Phi) is 10.4. The van der Waals surface area contributed by atoms with Gasteiger partial charge in [-0.2, -0.15) is 5.26 Å². The summed E-state index contributed by atoms with van der Waals surface area (Å²) in [6.45, 7) is 7.64. The molecule has 0 radical (unpaired) electrons. The first-order valence-electron chi connectivity index (χ1n) is 13.5. The van der Waals surface area contributed by atoms with Crippen LogP contribution in [0.15, 0.2) is 36.4 Å². The van der Waals surface area contributed by atoms with E-state index < -0.39 is 60.7 Å². The van der Waals surface area contributed by atoms with Crippen LogP contribution in [0.5, 0.6) is 0 Å². The van der Waals surface area contributed by atoms with Gasteiger partial charge in [0.1, 0.15) is 12.7 Å². The summed E-state index contributed by atoms with van der Waals surface area (Å²) >= 11 is 0. The number of carbonyl (C=O) groups excluding carboxylic acids is 4. The third-order valence-electron chi connectivity index (χ3n) is 6.84. The Balaban J connectivity index is 2.22. The van der Waals surface area contributed by atoms with Gasteiger partial charge in [-0.25, -0.2) is 0 Å². The first-order chi connectivity index (χ1) is 19.8. The minimum Gasteiger partial charge on any atom is -0.463 e. The number of ether oxygens (including phenoxy) is 5. The van der Waals surface area contributed by atoms with Crippen LogP contribution < -0.4 is 0 Å². The first-order valence-corrected chi connectivity index (χ1v) is 13.5. The van der Waals surface area contributed by atoms with Crippen LogP contribution in [-0.4, -0.2) is 60.0 Å². The van der Waals surface area contributed by atoms with Gasteiger partial charge in [0.25, 0.3) is 0 Å². The first kappa shape index (κ1) is 32.2. The highest BCUT2D eigenvalue weighted by molar-refractivity contribution is 5.69. The standard InChI is InChI=1S/C31H35NO10/c1-7-22-8-10-23(11-9-22)13-24-14-26(17(2)12-25(24)15-32)31(37)30(41-21(6)36)29(40-20(5)35)28(39-19(4)34)27(42-31)16-38-18(3)33/h8-12,14,27-30,37H,7,13,16H2,1-6H3/t27-,28-,29+,30-,31-/m1/s1. The fraction of sp³-hybridized carbons (Fsp3) is 0.452. The van der Waals surface area contributed by atoms with E-state index in [9.17, 15) is 29.5 Å². The van der Waals surface area contributed by atoms with E-state index in [1.165, 1.54) is 0 Å². The fourth-order valence-electron chi connectivity index (χ4n) is 5.00. The number of nitriles is 1. The molecule has 0 saturated carbocycles. The van der Waals surface area contributed by atoms with Gasteiger partial charge in [0.15, 0.2) is 12.2 Å². The van der Waals surface area contributed by atoms with Gasteiger partial charge in [0, 0.05) is 33.3 Å². The van der Waals surface area contributed by atoms with Crippen molar-refractivity contribution in [3.8, 4) is 6.07 Å². The van der Waals surface area contributed by atoms with Gasteiger partial charge < -0.3 is 28.8 Å². The molecule has 1 saturated heterocycles. The Labute approximate surface area is 244 Å². The monoisotopic (exact) mass is 581 g/mol. The number of nitrogens with zero attached hydrogens (tertiary/aromatic N) is 1. The van der Waals surface area contributed by atoms with Crippen LogP contribution in [0, 0.1) is 18.3 Å². The molecule has 1 N–H and O–H groups in total. The Hall–Kier alpha value is -4.27. The SMILES string of the molecule is CCc1ccc(Cc2cc([C@@]3(O)O[C@H](COC(C)=O)[C@@H](OC(C)=O)[C@H](OC(C)=O)[C@H]3OC(C)=O)c(C)cc2C#N)cc1. The molecular formula is C31H35NO10. The third kappa shape index (κ3) is 7.51. The second-order valence-electron chi connectivity index (χ2n) is 10.1. The summed E-state index contributed by atoms with van der Waals surface area (Å²) < 4.78 is 27.6. The van der Waals surface area contributed by atoms with E-state index in [1.807, 2.05) is 31.2 Å². The number of benzene rings is 2. The van der Waals surface area contributed by atoms with E-state index in [-0.39, 0.29) is 5.56 Å². The molecule has 0 spiro atoms. The zero-order valence-electron chi connectivity index (χ0n) is 24.5. The summed E-state index contributed by atoms with van der Waals surface area (Å²) in [5.74, 6) is -5.63. The van der Waals surface area contributed by atoms with Gasteiger partial charge in [-0.15, -0.1) is 0 Å². The molecular weight excluding hydrogens is 546 g/mol. The van der Waals surface area contributed by atoms with Crippen LogP contribution in [0.25, 0.3) is 0 Å². The second kappa shape index (κ2) is 13.6. The predicted octanol–water partition coefficient (Wildman–Crippen LogP) is 2.92. The number of aliphatic hydroxyl groups is 1. The quantitative estimate of drug-likeness (QED) is 0.343. The number of rotatable bonds is 9. The fourth-order valence-corrected chi connectivity index (χ4v) is 5.00. The Morgan fingerprint density at radius 1 is 0.905 bits per heavy atom. The van der Waals surface area contributed by atoms with Crippen LogP contribution in [0.4, 0.5) is 0 Å². The van der Waals surface area contributed by atoms with Crippen molar-refractivity contribution in [1.82, 2.24) is 0 Å². The van der Waals surface area contributed by atoms with Gasteiger partial charge in [0.2, 0.25) is 11.9 Å². The van der Waals surface area contributed by atoms with Crippen LogP contribution in [-0.2, 0) is 61.5 Å². The van der Waals surface area contributed by atoms with Crippen molar-refractivity contribution in [2.75, 3.05) is 6.61 Å².